The van der Waals surface area contributed by atoms with E-state index >= 15 is 0 Å². The summed E-state index contributed by atoms with van der Waals surface area (Å²) >= 11 is 0. The van der Waals surface area contributed by atoms with Gasteiger partial charge in [-0.15, -0.1) is 0 Å². The van der Waals surface area contributed by atoms with Gasteiger partial charge in [-0.05, 0) is 44.2 Å². The number of hydrogen-bond donors (Lipinski definition) is 0. The molecule has 0 amide bonds. The van der Waals surface area contributed by atoms with Crippen molar-refractivity contribution >= 4 is 5.78 Å². The van der Waals surface area contributed by atoms with Crippen LogP contribution in [0.3, 0.4) is 0 Å². The molecule has 4 rings (SSSR count). The van der Waals surface area contributed by atoms with Crippen LogP contribution < -0.4 is 0 Å². The lowest BCUT2D eigenvalue weighted by Gasteiger charge is -2.32. The Kier molecular flexibility index (Phi) is 4.97. The van der Waals surface area contributed by atoms with E-state index in [1.165, 1.54) is 24.1 Å². The van der Waals surface area contributed by atoms with Gasteiger partial charge in [0, 0.05) is 37.7 Å². The van der Waals surface area contributed by atoms with Crippen LogP contribution in [0.4, 0.5) is 0 Å². The molecule has 1 aliphatic carbocycles. The van der Waals surface area contributed by atoms with Crippen molar-refractivity contribution in [2.75, 3.05) is 13.1 Å². The second-order valence-corrected chi connectivity index (χ2v) is 7.55. The Bertz CT molecular complexity index is 705. The van der Waals surface area contributed by atoms with Gasteiger partial charge < -0.3 is 4.57 Å². The molecule has 25 heavy (non-hydrogen) atoms. The maximum Gasteiger partial charge on any atom is 0.137 e. The third kappa shape index (κ3) is 4.18. The quantitative estimate of drug-likeness (QED) is 0.774. The maximum atomic E-state index is 12.7. The number of benzene rings is 1. The van der Waals surface area contributed by atoms with Crippen molar-refractivity contribution in [1.82, 2.24) is 14.5 Å². The molecule has 2 fully saturated rings. The number of piperidine rings is 1. The third-order valence-electron chi connectivity index (χ3n) is 5.54. The van der Waals surface area contributed by atoms with Crippen molar-refractivity contribution < 1.29 is 4.79 Å². The highest BCUT2D eigenvalue weighted by Crippen LogP contribution is 2.36. The first-order valence-electron chi connectivity index (χ1n) is 9.59. The van der Waals surface area contributed by atoms with Gasteiger partial charge in [-0.1, -0.05) is 30.3 Å². The highest BCUT2D eigenvalue weighted by Gasteiger charge is 2.28. The fraction of sp³-hybridized carbons (Fsp3) is 0.524. The number of aryl methyl sites for hydroxylation is 1. The highest BCUT2D eigenvalue weighted by molar-refractivity contribution is 5.81. The average Bonchev–Trinajstić information content (AvgIpc) is 3.40. The van der Waals surface area contributed by atoms with Gasteiger partial charge in [0.25, 0.3) is 0 Å². The number of rotatable bonds is 7. The molecule has 1 saturated heterocycles. The number of ketones is 1. The minimum atomic E-state index is 0.203. The van der Waals surface area contributed by atoms with E-state index in [2.05, 4.69) is 26.6 Å². The van der Waals surface area contributed by atoms with Crippen LogP contribution in [0.5, 0.6) is 0 Å². The zero-order chi connectivity index (χ0) is 17.1. The topological polar surface area (TPSA) is 38.1 Å². The van der Waals surface area contributed by atoms with Crippen LogP contribution >= 0.6 is 0 Å². The fourth-order valence-corrected chi connectivity index (χ4v) is 3.94. The smallest absolute Gasteiger partial charge is 0.137 e. The van der Waals surface area contributed by atoms with Crippen LogP contribution in [-0.2, 0) is 17.8 Å². The number of carbonyl (C=O) groups is 1. The number of Topliss-reactive ketones (excluding diaryl/α,β-unsaturated/α-hetero) is 1. The minimum absolute atomic E-state index is 0.203. The Morgan fingerprint density at radius 1 is 1.16 bits per heavy atom. The summed E-state index contributed by atoms with van der Waals surface area (Å²) in [6.45, 7) is 2.93. The van der Waals surface area contributed by atoms with Gasteiger partial charge in [-0.2, -0.15) is 0 Å². The molecule has 4 heteroatoms. The highest BCUT2D eigenvalue weighted by atomic mass is 16.1. The van der Waals surface area contributed by atoms with Crippen LogP contribution in [0.1, 0.15) is 49.4 Å². The standard InChI is InChI=1S/C21H27N3O/c25-21(11-8-17-5-2-1-3-6-17)18-7-4-12-23(14-18)15-20-13-22-16-24(20)19-9-10-19/h1-3,5-6,13,16,18-19H,4,7-12,14-15H2. The summed E-state index contributed by atoms with van der Waals surface area (Å²) in [6, 6.07) is 11.0. The Hall–Kier alpha value is -1.94. The van der Waals surface area contributed by atoms with Crippen molar-refractivity contribution in [1.29, 1.82) is 0 Å². The number of likely N-dealkylation sites (tertiary alicyclic amines) is 1. The summed E-state index contributed by atoms with van der Waals surface area (Å²) in [5, 5.41) is 0. The van der Waals surface area contributed by atoms with E-state index in [9.17, 15) is 4.79 Å². The van der Waals surface area contributed by atoms with E-state index < -0.39 is 0 Å². The minimum Gasteiger partial charge on any atom is -0.330 e. The molecule has 0 spiro atoms. The van der Waals surface area contributed by atoms with Crippen molar-refractivity contribution in [3.8, 4) is 0 Å². The molecule has 1 unspecified atom stereocenters. The fourth-order valence-electron chi connectivity index (χ4n) is 3.94. The SMILES string of the molecule is O=C(CCc1ccccc1)C1CCCN(Cc2cncn2C2CC2)C1. The summed E-state index contributed by atoms with van der Waals surface area (Å²) in [7, 11) is 0. The first kappa shape index (κ1) is 16.5. The van der Waals surface area contributed by atoms with Crippen molar-refractivity contribution in [3.63, 3.8) is 0 Å². The molecule has 132 valence electrons. The van der Waals surface area contributed by atoms with Gasteiger partial charge in [0.1, 0.15) is 5.78 Å². The molecule has 0 bridgehead atoms. The molecule has 1 aromatic carbocycles. The number of nitrogens with zero attached hydrogens (tertiary/aromatic N) is 3. The molecule has 2 heterocycles. The Morgan fingerprint density at radius 2 is 2.00 bits per heavy atom. The first-order valence-corrected chi connectivity index (χ1v) is 9.59. The molecular formula is C21H27N3O. The maximum absolute atomic E-state index is 12.7. The summed E-state index contributed by atoms with van der Waals surface area (Å²) in [5.74, 6) is 0.638. The van der Waals surface area contributed by atoms with Crippen LogP contribution in [0.25, 0.3) is 0 Å². The van der Waals surface area contributed by atoms with Crippen LogP contribution in [0, 0.1) is 5.92 Å². The number of aromatic nitrogens is 2. The Labute approximate surface area is 149 Å². The molecule has 1 saturated carbocycles. The van der Waals surface area contributed by atoms with Gasteiger partial charge in [-0.25, -0.2) is 4.98 Å². The molecule has 2 aromatic rings. The molecule has 4 nitrogen and oxygen atoms in total. The lowest BCUT2D eigenvalue weighted by Crippen LogP contribution is -2.38. The summed E-state index contributed by atoms with van der Waals surface area (Å²) < 4.78 is 2.33. The van der Waals surface area contributed by atoms with E-state index in [1.54, 1.807) is 0 Å². The van der Waals surface area contributed by atoms with Gasteiger partial charge in [-0.3, -0.25) is 9.69 Å². The molecule has 1 atom stereocenters. The number of hydrogen-bond acceptors (Lipinski definition) is 3. The Morgan fingerprint density at radius 3 is 2.80 bits per heavy atom. The van der Waals surface area contributed by atoms with Gasteiger partial charge in [0.2, 0.25) is 0 Å². The zero-order valence-corrected chi connectivity index (χ0v) is 14.8. The van der Waals surface area contributed by atoms with E-state index in [1.807, 2.05) is 30.7 Å². The number of imidazole rings is 1. The molecular weight excluding hydrogens is 310 g/mol. The zero-order valence-electron chi connectivity index (χ0n) is 14.8. The predicted molar refractivity (Wildman–Crippen MR) is 98.3 cm³/mol. The van der Waals surface area contributed by atoms with Crippen LogP contribution in [-0.4, -0.2) is 33.3 Å². The first-order chi connectivity index (χ1) is 12.3. The molecule has 2 aliphatic rings. The third-order valence-corrected chi connectivity index (χ3v) is 5.54. The van der Waals surface area contributed by atoms with E-state index in [0.29, 0.717) is 18.2 Å². The summed E-state index contributed by atoms with van der Waals surface area (Å²) in [6.07, 6.45) is 10.2. The van der Waals surface area contributed by atoms with Gasteiger partial charge in [0.15, 0.2) is 0 Å². The Balaban J connectivity index is 1.31. The summed E-state index contributed by atoms with van der Waals surface area (Å²) in [4.78, 5) is 19.4. The van der Waals surface area contributed by atoms with Gasteiger partial charge in [0.05, 0.1) is 12.0 Å². The number of carbonyl (C=O) groups excluding carboxylic acids is 1. The molecule has 0 N–H and O–H groups in total. The summed E-state index contributed by atoms with van der Waals surface area (Å²) in [5.41, 5.74) is 2.57. The second-order valence-electron chi connectivity index (χ2n) is 7.55. The van der Waals surface area contributed by atoms with Gasteiger partial charge >= 0.3 is 0 Å². The second kappa shape index (κ2) is 7.52. The van der Waals surface area contributed by atoms with E-state index in [0.717, 1.165) is 38.9 Å². The van der Waals surface area contributed by atoms with E-state index in [-0.39, 0.29) is 5.92 Å². The molecule has 1 aromatic heterocycles. The lowest BCUT2D eigenvalue weighted by atomic mass is 9.90. The monoisotopic (exact) mass is 337 g/mol. The van der Waals surface area contributed by atoms with Crippen LogP contribution in [0.15, 0.2) is 42.9 Å². The van der Waals surface area contributed by atoms with Crippen molar-refractivity contribution in [3.05, 3.63) is 54.1 Å². The molecule has 1 aliphatic heterocycles. The predicted octanol–water partition coefficient (Wildman–Crippen LogP) is 3.63. The average molecular weight is 337 g/mol. The van der Waals surface area contributed by atoms with Crippen molar-refractivity contribution in [2.24, 2.45) is 5.92 Å². The largest absolute Gasteiger partial charge is 0.330 e. The molecule has 0 radical (unpaired) electrons. The van der Waals surface area contributed by atoms with Crippen LogP contribution in [0.2, 0.25) is 0 Å². The van der Waals surface area contributed by atoms with E-state index in [4.69, 9.17) is 0 Å². The lowest BCUT2D eigenvalue weighted by molar-refractivity contribution is -0.124. The normalized spacial score (nSPS) is 21.4. The van der Waals surface area contributed by atoms with Crippen molar-refractivity contribution in [2.45, 2.75) is 51.1 Å².